The summed E-state index contributed by atoms with van der Waals surface area (Å²) < 4.78 is 16.1. The lowest BCUT2D eigenvalue weighted by Crippen LogP contribution is -2.36. The van der Waals surface area contributed by atoms with Crippen LogP contribution in [-0.2, 0) is 14.2 Å². The first-order valence-electron chi connectivity index (χ1n) is 7.36. The van der Waals surface area contributed by atoms with Crippen molar-refractivity contribution in [2.45, 2.75) is 46.6 Å². The highest BCUT2D eigenvalue weighted by molar-refractivity contribution is 5.67. The molecule has 0 bridgehead atoms. The third-order valence-electron chi connectivity index (χ3n) is 2.75. The number of hydrogen-bond donors (Lipinski definition) is 0. The first kappa shape index (κ1) is 19.2. The third-order valence-corrected chi connectivity index (χ3v) is 2.75. The Labute approximate surface area is 123 Å². The molecule has 0 aliphatic rings. The van der Waals surface area contributed by atoms with Gasteiger partial charge in [0.2, 0.25) is 0 Å². The van der Waals surface area contributed by atoms with E-state index in [0.29, 0.717) is 32.3 Å². The minimum Gasteiger partial charge on any atom is -0.444 e. The van der Waals surface area contributed by atoms with Gasteiger partial charge in [0.25, 0.3) is 0 Å². The second-order valence-corrected chi connectivity index (χ2v) is 6.10. The second kappa shape index (κ2) is 10.00. The van der Waals surface area contributed by atoms with Gasteiger partial charge in [-0.2, -0.15) is 0 Å². The highest BCUT2D eigenvalue weighted by atomic mass is 16.6. The van der Waals surface area contributed by atoms with Crippen molar-refractivity contribution in [3.8, 4) is 0 Å². The van der Waals surface area contributed by atoms with Gasteiger partial charge in [-0.05, 0) is 26.7 Å². The normalized spacial score (nSPS) is 13.1. The molecule has 20 heavy (non-hydrogen) atoms. The standard InChI is InChI=1S/C15H31NO4/c1-7-13(2)12-19-11-10-18-9-8-16(6)14(17)20-15(3,4)5/h13H,7-12H2,1-6H3. The van der Waals surface area contributed by atoms with Gasteiger partial charge in [0.1, 0.15) is 5.60 Å². The Kier molecular flexibility index (Phi) is 9.59. The molecule has 5 heteroatoms. The van der Waals surface area contributed by atoms with Gasteiger partial charge in [-0.3, -0.25) is 0 Å². The molecule has 0 N–H and O–H groups in total. The number of hydrogen-bond acceptors (Lipinski definition) is 4. The number of rotatable bonds is 9. The maximum atomic E-state index is 11.7. The second-order valence-electron chi connectivity index (χ2n) is 6.10. The fraction of sp³-hybridized carbons (Fsp3) is 0.933. The highest BCUT2D eigenvalue weighted by Crippen LogP contribution is 2.08. The van der Waals surface area contributed by atoms with E-state index in [9.17, 15) is 4.79 Å². The maximum Gasteiger partial charge on any atom is 0.410 e. The van der Waals surface area contributed by atoms with E-state index in [-0.39, 0.29) is 6.09 Å². The van der Waals surface area contributed by atoms with Crippen molar-refractivity contribution < 1.29 is 19.0 Å². The van der Waals surface area contributed by atoms with E-state index >= 15 is 0 Å². The van der Waals surface area contributed by atoms with Gasteiger partial charge in [-0.15, -0.1) is 0 Å². The molecule has 0 aromatic heterocycles. The van der Waals surface area contributed by atoms with Crippen LogP contribution in [0.5, 0.6) is 0 Å². The van der Waals surface area contributed by atoms with Crippen LogP contribution in [0.3, 0.4) is 0 Å². The Morgan fingerprint density at radius 3 is 2.30 bits per heavy atom. The van der Waals surface area contributed by atoms with Crippen molar-refractivity contribution in [2.24, 2.45) is 5.92 Å². The first-order valence-corrected chi connectivity index (χ1v) is 7.36. The van der Waals surface area contributed by atoms with Gasteiger partial charge in [0, 0.05) is 20.2 Å². The van der Waals surface area contributed by atoms with E-state index in [0.717, 1.165) is 13.0 Å². The largest absolute Gasteiger partial charge is 0.444 e. The topological polar surface area (TPSA) is 48.0 Å². The van der Waals surface area contributed by atoms with E-state index in [1.165, 1.54) is 4.90 Å². The minimum atomic E-state index is -0.462. The van der Waals surface area contributed by atoms with Crippen LogP contribution in [0.15, 0.2) is 0 Å². The zero-order chi connectivity index (χ0) is 15.6. The van der Waals surface area contributed by atoms with Crippen molar-refractivity contribution in [3.05, 3.63) is 0 Å². The summed E-state index contributed by atoms with van der Waals surface area (Å²) >= 11 is 0. The van der Waals surface area contributed by atoms with Gasteiger partial charge < -0.3 is 19.1 Å². The SMILES string of the molecule is CCC(C)COCCOCCN(C)C(=O)OC(C)(C)C. The molecule has 0 radical (unpaired) electrons. The van der Waals surface area contributed by atoms with Crippen molar-refractivity contribution >= 4 is 6.09 Å². The summed E-state index contributed by atoms with van der Waals surface area (Å²) in [4.78, 5) is 13.2. The van der Waals surface area contributed by atoms with Crippen molar-refractivity contribution in [3.63, 3.8) is 0 Å². The van der Waals surface area contributed by atoms with Gasteiger partial charge >= 0.3 is 6.09 Å². The quantitative estimate of drug-likeness (QED) is 0.612. The Morgan fingerprint density at radius 1 is 1.15 bits per heavy atom. The predicted molar refractivity (Wildman–Crippen MR) is 80.0 cm³/mol. The zero-order valence-corrected chi connectivity index (χ0v) is 13.9. The summed E-state index contributed by atoms with van der Waals surface area (Å²) in [6.45, 7) is 12.8. The number of likely N-dealkylation sites (N-methyl/N-ethyl adjacent to an activating group) is 1. The Hall–Kier alpha value is -0.810. The zero-order valence-electron chi connectivity index (χ0n) is 13.9. The Balaban J connectivity index is 3.53. The summed E-state index contributed by atoms with van der Waals surface area (Å²) in [5, 5.41) is 0. The Morgan fingerprint density at radius 2 is 1.75 bits per heavy atom. The molecule has 0 spiro atoms. The van der Waals surface area contributed by atoms with E-state index in [4.69, 9.17) is 14.2 Å². The predicted octanol–water partition coefficient (Wildman–Crippen LogP) is 2.93. The van der Waals surface area contributed by atoms with Crippen LogP contribution in [0.4, 0.5) is 4.79 Å². The number of carbonyl (C=O) groups excluding carboxylic acids is 1. The molecule has 1 amide bonds. The fourth-order valence-corrected chi connectivity index (χ4v) is 1.25. The minimum absolute atomic E-state index is 0.325. The molecule has 0 aliphatic carbocycles. The van der Waals surface area contributed by atoms with Crippen molar-refractivity contribution in [2.75, 3.05) is 40.0 Å². The fourth-order valence-electron chi connectivity index (χ4n) is 1.25. The van der Waals surface area contributed by atoms with E-state index in [2.05, 4.69) is 13.8 Å². The van der Waals surface area contributed by atoms with Gasteiger partial charge in [0.15, 0.2) is 0 Å². The highest BCUT2D eigenvalue weighted by Gasteiger charge is 2.19. The van der Waals surface area contributed by atoms with Crippen LogP contribution < -0.4 is 0 Å². The molecule has 0 rings (SSSR count). The average Bonchev–Trinajstić information content (AvgIpc) is 2.34. The lowest BCUT2D eigenvalue weighted by molar-refractivity contribution is 0.0129. The molecule has 0 heterocycles. The summed E-state index contributed by atoms with van der Waals surface area (Å²) in [5.74, 6) is 0.591. The molecule has 0 fully saturated rings. The lowest BCUT2D eigenvalue weighted by Gasteiger charge is -2.24. The molecule has 0 saturated carbocycles. The molecular weight excluding hydrogens is 258 g/mol. The van der Waals surface area contributed by atoms with Crippen LogP contribution in [-0.4, -0.2) is 56.6 Å². The summed E-state index contributed by atoms with van der Waals surface area (Å²) in [7, 11) is 1.71. The maximum absolute atomic E-state index is 11.7. The summed E-state index contributed by atoms with van der Waals surface area (Å²) in [6.07, 6.45) is 0.802. The van der Waals surface area contributed by atoms with Crippen LogP contribution in [0, 0.1) is 5.92 Å². The number of amides is 1. The molecule has 1 unspecified atom stereocenters. The van der Waals surface area contributed by atoms with Gasteiger partial charge in [-0.25, -0.2) is 4.79 Å². The monoisotopic (exact) mass is 289 g/mol. The molecular formula is C15H31NO4. The molecule has 5 nitrogen and oxygen atoms in total. The molecule has 1 atom stereocenters. The van der Waals surface area contributed by atoms with Gasteiger partial charge in [-0.1, -0.05) is 20.3 Å². The number of nitrogens with zero attached hydrogens (tertiary/aromatic N) is 1. The smallest absolute Gasteiger partial charge is 0.410 e. The summed E-state index contributed by atoms with van der Waals surface area (Å²) in [6, 6.07) is 0. The van der Waals surface area contributed by atoms with E-state index in [1.54, 1.807) is 7.05 Å². The van der Waals surface area contributed by atoms with Gasteiger partial charge in [0.05, 0.1) is 19.8 Å². The lowest BCUT2D eigenvalue weighted by atomic mass is 10.1. The van der Waals surface area contributed by atoms with Crippen LogP contribution in [0.25, 0.3) is 0 Å². The van der Waals surface area contributed by atoms with E-state index < -0.39 is 5.60 Å². The Bertz CT molecular complexity index is 263. The average molecular weight is 289 g/mol. The van der Waals surface area contributed by atoms with E-state index in [1.807, 2.05) is 20.8 Å². The third kappa shape index (κ3) is 11.1. The number of ether oxygens (including phenoxy) is 3. The molecule has 0 aromatic rings. The summed E-state index contributed by atoms with van der Waals surface area (Å²) in [5.41, 5.74) is -0.462. The molecule has 0 saturated heterocycles. The first-order chi connectivity index (χ1) is 9.26. The molecule has 120 valence electrons. The van der Waals surface area contributed by atoms with Crippen LogP contribution >= 0.6 is 0 Å². The van der Waals surface area contributed by atoms with Crippen LogP contribution in [0.2, 0.25) is 0 Å². The number of carbonyl (C=O) groups is 1. The van der Waals surface area contributed by atoms with Crippen LogP contribution in [0.1, 0.15) is 41.0 Å². The molecule has 0 aliphatic heterocycles. The molecule has 0 aromatic carbocycles. The van der Waals surface area contributed by atoms with Crippen molar-refractivity contribution in [1.29, 1.82) is 0 Å². The van der Waals surface area contributed by atoms with Crippen molar-refractivity contribution in [1.82, 2.24) is 4.90 Å².